The van der Waals surface area contributed by atoms with Gasteiger partial charge in [-0.3, -0.25) is 4.79 Å². The summed E-state index contributed by atoms with van der Waals surface area (Å²) in [6.07, 6.45) is 1.24. The van der Waals surface area contributed by atoms with E-state index in [1.54, 1.807) is 0 Å². The first kappa shape index (κ1) is 14.4. The molecule has 3 rings (SSSR count). The van der Waals surface area contributed by atoms with Crippen LogP contribution in [0.2, 0.25) is 0 Å². The molecule has 0 aliphatic carbocycles. The normalized spacial score (nSPS) is 15.8. The highest BCUT2D eigenvalue weighted by Gasteiger charge is 2.15. The number of hydrogen-bond donors (Lipinski definition) is 2. The van der Waals surface area contributed by atoms with Crippen molar-refractivity contribution in [2.24, 2.45) is 0 Å². The van der Waals surface area contributed by atoms with E-state index in [9.17, 15) is 4.79 Å². The standard InChI is InChI=1S/C15H19N5O2/c1-19-6-8-20(9-7-19)12-4-2-11(3-5-12)17-14(21)13-10-22-15(16)18-13/h2-5,10H,6-9H2,1H3,(H2,16,18)(H,17,21). The van der Waals surface area contributed by atoms with E-state index < -0.39 is 0 Å². The Morgan fingerprint density at radius 3 is 2.50 bits per heavy atom. The third kappa shape index (κ3) is 3.20. The van der Waals surface area contributed by atoms with Crippen LogP contribution in [-0.2, 0) is 0 Å². The fraction of sp³-hybridized carbons (Fsp3) is 0.333. The molecule has 7 nitrogen and oxygen atoms in total. The first-order valence-electron chi connectivity index (χ1n) is 7.18. The van der Waals surface area contributed by atoms with Gasteiger partial charge in [0.2, 0.25) is 0 Å². The van der Waals surface area contributed by atoms with Gasteiger partial charge in [0, 0.05) is 37.6 Å². The predicted octanol–water partition coefficient (Wildman–Crippen LogP) is 1.26. The monoisotopic (exact) mass is 301 g/mol. The molecule has 1 aliphatic heterocycles. The van der Waals surface area contributed by atoms with Gasteiger partial charge in [0.05, 0.1) is 0 Å². The highest BCUT2D eigenvalue weighted by atomic mass is 16.4. The third-order valence-corrected chi connectivity index (χ3v) is 3.75. The van der Waals surface area contributed by atoms with Crippen LogP contribution in [0.25, 0.3) is 0 Å². The third-order valence-electron chi connectivity index (χ3n) is 3.75. The van der Waals surface area contributed by atoms with Gasteiger partial charge in [0.15, 0.2) is 5.69 Å². The second kappa shape index (κ2) is 6.07. The van der Waals surface area contributed by atoms with Crippen LogP contribution in [0.4, 0.5) is 17.4 Å². The summed E-state index contributed by atoms with van der Waals surface area (Å²) >= 11 is 0. The number of benzene rings is 1. The molecule has 1 fully saturated rings. The molecule has 1 aromatic heterocycles. The number of rotatable bonds is 3. The minimum absolute atomic E-state index is 0.0180. The minimum Gasteiger partial charge on any atom is -0.431 e. The fourth-order valence-electron chi connectivity index (χ4n) is 2.41. The Bertz CT molecular complexity index is 644. The maximum atomic E-state index is 11.9. The van der Waals surface area contributed by atoms with Crippen LogP contribution in [-0.4, -0.2) is 49.0 Å². The molecule has 1 amide bonds. The molecule has 1 aliphatic rings. The number of nitrogens with two attached hydrogens (primary N) is 1. The molecule has 2 heterocycles. The Morgan fingerprint density at radius 1 is 1.23 bits per heavy atom. The number of oxazole rings is 1. The number of likely N-dealkylation sites (N-methyl/N-ethyl adjacent to an activating group) is 1. The Labute approximate surface area is 128 Å². The number of carbonyl (C=O) groups excluding carboxylic acids is 1. The van der Waals surface area contributed by atoms with Crippen LogP contribution in [0.3, 0.4) is 0 Å². The van der Waals surface area contributed by atoms with Crippen molar-refractivity contribution in [1.82, 2.24) is 9.88 Å². The molecule has 0 unspecified atom stereocenters. The zero-order valence-corrected chi connectivity index (χ0v) is 12.5. The van der Waals surface area contributed by atoms with E-state index in [0.717, 1.165) is 31.9 Å². The Kier molecular flexibility index (Phi) is 3.97. The second-order valence-corrected chi connectivity index (χ2v) is 5.36. The number of aromatic nitrogens is 1. The van der Waals surface area contributed by atoms with Crippen LogP contribution in [0.15, 0.2) is 34.9 Å². The van der Waals surface area contributed by atoms with Gasteiger partial charge in [0.1, 0.15) is 6.26 Å². The molecule has 0 bridgehead atoms. The minimum atomic E-state index is -0.340. The van der Waals surface area contributed by atoms with Gasteiger partial charge in [-0.05, 0) is 31.3 Å². The molecule has 116 valence electrons. The molecular weight excluding hydrogens is 282 g/mol. The van der Waals surface area contributed by atoms with E-state index in [2.05, 4.69) is 27.1 Å². The second-order valence-electron chi connectivity index (χ2n) is 5.36. The van der Waals surface area contributed by atoms with Gasteiger partial charge in [-0.25, -0.2) is 0 Å². The van der Waals surface area contributed by atoms with E-state index in [1.165, 1.54) is 6.26 Å². The van der Waals surface area contributed by atoms with E-state index in [4.69, 9.17) is 10.2 Å². The van der Waals surface area contributed by atoms with Crippen molar-refractivity contribution in [2.75, 3.05) is 49.2 Å². The Morgan fingerprint density at radius 2 is 1.91 bits per heavy atom. The predicted molar refractivity (Wildman–Crippen MR) is 85.0 cm³/mol. The highest BCUT2D eigenvalue weighted by Crippen LogP contribution is 2.19. The Hall–Kier alpha value is -2.54. The fourth-order valence-corrected chi connectivity index (χ4v) is 2.41. The number of anilines is 3. The van der Waals surface area contributed by atoms with E-state index in [0.29, 0.717) is 5.69 Å². The molecule has 0 atom stereocenters. The van der Waals surface area contributed by atoms with Gasteiger partial charge in [-0.15, -0.1) is 0 Å². The first-order valence-corrected chi connectivity index (χ1v) is 7.18. The maximum Gasteiger partial charge on any atom is 0.292 e. The SMILES string of the molecule is CN1CCN(c2ccc(NC(=O)c3coc(N)n3)cc2)CC1. The number of nitrogens with zero attached hydrogens (tertiary/aromatic N) is 3. The molecule has 0 saturated carbocycles. The molecule has 7 heteroatoms. The van der Waals surface area contributed by atoms with Crippen LogP contribution in [0.1, 0.15) is 10.5 Å². The van der Waals surface area contributed by atoms with Gasteiger partial charge < -0.3 is 25.3 Å². The topological polar surface area (TPSA) is 87.6 Å². The molecule has 3 N–H and O–H groups in total. The largest absolute Gasteiger partial charge is 0.431 e. The van der Waals surface area contributed by atoms with Gasteiger partial charge in [-0.2, -0.15) is 4.98 Å². The number of hydrogen-bond acceptors (Lipinski definition) is 6. The van der Waals surface area contributed by atoms with E-state index in [-0.39, 0.29) is 17.6 Å². The van der Waals surface area contributed by atoms with Gasteiger partial charge in [-0.1, -0.05) is 0 Å². The van der Waals surface area contributed by atoms with Gasteiger partial charge >= 0.3 is 0 Å². The molecule has 0 spiro atoms. The van der Waals surface area contributed by atoms with Crippen molar-refractivity contribution in [2.45, 2.75) is 0 Å². The average Bonchev–Trinajstić information content (AvgIpc) is 2.96. The summed E-state index contributed by atoms with van der Waals surface area (Å²) in [6, 6.07) is 7.77. The zero-order chi connectivity index (χ0) is 15.5. The van der Waals surface area contributed by atoms with Crippen molar-refractivity contribution < 1.29 is 9.21 Å². The summed E-state index contributed by atoms with van der Waals surface area (Å²) in [5, 5.41) is 2.76. The molecule has 1 saturated heterocycles. The molecular formula is C15H19N5O2. The Balaban J connectivity index is 1.63. The lowest BCUT2D eigenvalue weighted by Gasteiger charge is -2.34. The number of nitrogens with one attached hydrogen (secondary N) is 1. The zero-order valence-electron chi connectivity index (χ0n) is 12.5. The van der Waals surface area contributed by atoms with E-state index in [1.807, 2.05) is 24.3 Å². The highest BCUT2D eigenvalue weighted by molar-refractivity contribution is 6.02. The average molecular weight is 301 g/mol. The summed E-state index contributed by atoms with van der Waals surface area (Å²) in [7, 11) is 2.13. The van der Waals surface area contributed by atoms with Crippen molar-refractivity contribution in [1.29, 1.82) is 0 Å². The van der Waals surface area contributed by atoms with Crippen molar-refractivity contribution in [3.05, 3.63) is 36.2 Å². The summed E-state index contributed by atoms with van der Waals surface area (Å²) < 4.78 is 4.83. The lowest BCUT2D eigenvalue weighted by molar-refractivity contribution is 0.102. The summed E-state index contributed by atoms with van der Waals surface area (Å²) in [5.41, 5.74) is 7.40. The summed E-state index contributed by atoms with van der Waals surface area (Å²) in [4.78, 5) is 20.4. The van der Waals surface area contributed by atoms with Crippen LogP contribution in [0, 0.1) is 0 Å². The van der Waals surface area contributed by atoms with Crippen molar-refractivity contribution >= 4 is 23.3 Å². The van der Waals surface area contributed by atoms with E-state index >= 15 is 0 Å². The van der Waals surface area contributed by atoms with Crippen molar-refractivity contribution in [3.8, 4) is 0 Å². The summed E-state index contributed by atoms with van der Waals surface area (Å²) in [6.45, 7) is 4.15. The molecule has 2 aromatic rings. The molecule has 22 heavy (non-hydrogen) atoms. The molecule has 0 radical (unpaired) electrons. The lowest BCUT2D eigenvalue weighted by atomic mass is 10.2. The first-order chi connectivity index (χ1) is 10.6. The smallest absolute Gasteiger partial charge is 0.292 e. The van der Waals surface area contributed by atoms with Crippen LogP contribution < -0.4 is 16.0 Å². The lowest BCUT2D eigenvalue weighted by Crippen LogP contribution is -2.44. The maximum absolute atomic E-state index is 11.9. The summed E-state index contributed by atoms with van der Waals surface area (Å²) in [5.74, 6) is -0.340. The van der Waals surface area contributed by atoms with Crippen LogP contribution >= 0.6 is 0 Å². The van der Waals surface area contributed by atoms with Crippen molar-refractivity contribution in [3.63, 3.8) is 0 Å². The number of amides is 1. The molecule has 1 aromatic carbocycles. The van der Waals surface area contributed by atoms with Crippen LogP contribution in [0.5, 0.6) is 0 Å². The quantitative estimate of drug-likeness (QED) is 0.887. The number of piperazine rings is 1. The number of nitrogen functional groups attached to an aromatic ring is 1. The number of carbonyl (C=O) groups is 1. The van der Waals surface area contributed by atoms with Gasteiger partial charge in [0.25, 0.3) is 11.9 Å².